The molecule has 1 amide bonds. The monoisotopic (exact) mass is 290 g/mol. The average molecular weight is 290 g/mol. The summed E-state index contributed by atoms with van der Waals surface area (Å²) in [4.78, 5) is 12.3. The topological polar surface area (TPSA) is 50.4 Å². The minimum Gasteiger partial charge on any atom is -0.496 e. The van der Waals surface area contributed by atoms with Crippen LogP contribution >= 0.6 is 0 Å². The summed E-state index contributed by atoms with van der Waals surface area (Å²) in [7, 11) is 1.59. The van der Waals surface area contributed by atoms with Crippen molar-refractivity contribution in [2.45, 2.75) is 51.1 Å². The third-order valence-electron chi connectivity index (χ3n) is 4.10. The van der Waals surface area contributed by atoms with Gasteiger partial charge in [-0.2, -0.15) is 0 Å². The molecule has 0 aromatic heterocycles. The maximum Gasteiger partial charge on any atom is 0.255 e. The van der Waals surface area contributed by atoms with Gasteiger partial charge in [0.1, 0.15) is 5.75 Å². The molecule has 116 valence electrons. The number of para-hydroxylation sites is 1. The van der Waals surface area contributed by atoms with Crippen LogP contribution < -0.4 is 15.4 Å². The van der Waals surface area contributed by atoms with Crippen LogP contribution in [0.25, 0.3) is 0 Å². The van der Waals surface area contributed by atoms with Crippen LogP contribution in [0, 0.1) is 0 Å². The molecule has 1 aliphatic rings. The highest BCUT2D eigenvalue weighted by Crippen LogP contribution is 2.21. The summed E-state index contributed by atoms with van der Waals surface area (Å²) in [6.07, 6.45) is 5.53. The van der Waals surface area contributed by atoms with Gasteiger partial charge in [0.25, 0.3) is 5.91 Å². The first-order valence-corrected chi connectivity index (χ1v) is 7.91. The van der Waals surface area contributed by atoms with Crippen molar-refractivity contribution in [3.63, 3.8) is 0 Å². The molecule has 1 aromatic carbocycles. The molecule has 1 fully saturated rings. The van der Waals surface area contributed by atoms with E-state index in [1.54, 1.807) is 7.11 Å². The fraction of sp³-hybridized carbons (Fsp3) is 0.588. The molecule has 2 rings (SSSR count). The second-order valence-corrected chi connectivity index (χ2v) is 5.68. The number of hydrogen-bond acceptors (Lipinski definition) is 3. The molecule has 4 nitrogen and oxygen atoms in total. The number of carbonyl (C=O) groups is 1. The van der Waals surface area contributed by atoms with E-state index in [-0.39, 0.29) is 11.9 Å². The van der Waals surface area contributed by atoms with Crippen LogP contribution in [-0.2, 0) is 0 Å². The smallest absolute Gasteiger partial charge is 0.255 e. The van der Waals surface area contributed by atoms with Crippen LogP contribution in [0.3, 0.4) is 0 Å². The second-order valence-electron chi connectivity index (χ2n) is 5.68. The Hall–Kier alpha value is -1.55. The van der Waals surface area contributed by atoms with Crippen molar-refractivity contribution in [1.29, 1.82) is 0 Å². The van der Waals surface area contributed by atoms with Gasteiger partial charge in [-0.25, -0.2) is 0 Å². The van der Waals surface area contributed by atoms with Crippen LogP contribution in [-0.4, -0.2) is 31.6 Å². The molecule has 1 aliphatic carbocycles. The van der Waals surface area contributed by atoms with Crippen LogP contribution in [0.4, 0.5) is 0 Å². The molecule has 0 unspecified atom stereocenters. The van der Waals surface area contributed by atoms with Gasteiger partial charge in [0, 0.05) is 12.1 Å². The largest absolute Gasteiger partial charge is 0.496 e. The van der Waals surface area contributed by atoms with E-state index in [0.29, 0.717) is 17.4 Å². The predicted octanol–water partition coefficient (Wildman–Crippen LogP) is 2.74. The summed E-state index contributed by atoms with van der Waals surface area (Å²) in [5.41, 5.74) is 0.617. The molecule has 0 saturated heterocycles. The second kappa shape index (κ2) is 8.03. The lowest BCUT2D eigenvalue weighted by molar-refractivity contribution is 0.0921. The molecule has 2 N–H and O–H groups in total. The third kappa shape index (κ3) is 4.46. The summed E-state index contributed by atoms with van der Waals surface area (Å²) < 4.78 is 5.25. The summed E-state index contributed by atoms with van der Waals surface area (Å²) in [6.45, 7) is 3.27. The van der Waals surface area contributed by atoms with Crippen LogP contribution in [0.2, 0.25) is 0 Å². The zero-order valence-corrected chi connectivity index (χ0v) is 13.0. The van der Waals surface area contributed by atoms with Gasteiger partial charge in [0.2, 0.25) is 0 Å². The number of carbonyl (C=O) groups excluding carboxylic acids is 1. The maximum atomic E-state index is 12.3. The summed E-state index contributed by atoms with van der Waals surface area (Å²) in [5.74, 6) is 0.603. The standard InChI is InChI=1S/C17H26N2O2/c1-3-12-18-13-8-10-14(11-9-13)19-17(20)15-6-4-5-7-16(15)21-2/h4-7,13-14,18H,3,8-12H2,1-2H3,(H,19,20). The quantitative estimate of drug-likeness (QED) is 0.847. The van der Waals surface area contributed by atoms with Crippen molar-refractivity contribution in [2.75, 3.05) is 13.7 Å². The van der Waals surface area contributed by atoms with Crippen LogP contribution in [0.1, 0.15) is 49.4 Å². The van der Waals surface area contributed by atoms with E-state index in [1.807, 2.05) is 24.3 Å². The number of rotatable bonds is 6. The van der Waals surface area contributed by atoms with Gasteiger partial charge in [-0.1, -0.05) is 19.1 Å². The molecule has 0 radical (unpaired) electrons. The summed E-state index contributed by atoms with van der Waals surface area (Å²) in [6, 6.07) is 8.26. The Balaban J connectivity index is 1.84. The molecule has 0 aliphatic heterocycles. The van der Waals surface area contributed by atoms with Gasteiger partial charge < -0.3 is 15.4 Å². The van der Waals surface area contributed by atoms with Crippen molar-refractivity contribution < 1.29 is 9.53 Å². The Morgan fingerprint density at radius 2 is 1.86 bits per heavy atom. The Bertz CT molecular complexity index is 454. The first-order chi connectivity index (χ1) is 10.2. The van der Waals surface area contributed by atoms with E-state index < -0.39 is 0 Å². The molecule has 4 heteroatoms. The minimum absolute atomic E-state index is 0.0302. The van der Waals surface area contributed by atoms with Crippen molar-refractivity contribution in [2.24, 2.45) is 0 Å². The van der Waals surface area contributed by atoms with Gasteiger partial charge in [-0.15, -0.1) is 0 Å². The zero-order chi connectivity index (χ0) is 15.1. The maximum absolute atomic E-state index is 12.3. The number of ether oxygens (including phenoxy) is 1. The SMILES string of the molecule is CCCNC1CCC(NC(=O)c2ccccc2OC)CC1. The lowest BCUT2D eigenvalue weighted by Crippen LogP contribution is -2.42. The minimum atomic E-state index is -0.0302. The number of nitrogens with one attached hydrogen (secondary N) is 2. The Morgan fingerprint density at radius 1 is 1.19 bits per heavy atom. The van der Waals surface area contributed by atoms with Crippen molar-refractivity contribution in [1.82, 2.24) is 10.6 Å². The van der Waals surface area contributed by atoms with E-state index in [4.69, 9.17) is 4.74 Å². The van der Waals surface area contributed by atoms with Crippen molar-refractivity contribution in [3.05, 3.63) is 29.8 Å². The van der Waals surface area contributed by atoms with E-state index in [1.165, 1.54) is 6.42 Å². The normalized spacial score (nSPS) is 21.8. The number of benzene rings is 1. The molecule has 0 atom stereocenters. The molecule has 1 aromatic rings. The van der Waals surface area contributed by atoms with Gasteiger partial charge in [-0.3, -0.25) is 4.79 Å². The lowest BCUT2D eigenvalue weighted by Gasteiger charge is -2.29. The molecular formula is C17H26N2O2. The molecule has 21 heavy (non-hydrogen) atoms. The highest BCUT2D eigenvalue weighted by Gasteiger charge is 2.23. The summed E-state index contributed by atoms with van der Waals surface area (Å²) in [5, 5.41) is 6.70. The third-order valence-corrected chi connectivity index (χ3v) is 4.10. The number of hydrogen-bond donors (Lipinski definition) is 2. The zero-order valence-electron chi connectivity index (χ0n) is 13.0. The van der Waals surface area contributed by atoms with E-state index in [9.17, 15) is 4.79 Å². The molecule has 1 saturated carbocycles. The van der Waals surface area contributed by atoms with Gasteiger partial charge >= 0.3 is 0 Å². The molecule has 0 spiro atoms. The lowest BCUT2D eigenvalue weighted by atomic mass is 9.91. The molecular weight excluding hydrogens is 264 g/mol. The predicted molar refractivity (Wildman–Crippen MR) is 84.8 cm³/mol. The summed E-state index contributed by atoms with van der Waals surface area (Å²) >= 11 is 0. The van der Waals surface area contributed by atoms with E-state index in [0.717, 1.165) is 32.2 Å². The van der Waals surface area contributed by atoms with Gasteiger partial charge in [0.15, 0.2) is 0 Å². The fourth-order valence-corrected chi connectivity index (χ4v) is 2.89. The van der Waals surface area contributed by atoms with Crippen molar-refractivity contribution in [3.8, 4) is 5.75 Å². The number of amides is 1. The first-order valence-electron chi connectivity index (χ1n) is 7.91. The average Bonchev–Trinajstić information content (AvgIpc) is 2.54. The van der Waals surface area contributed by atoms with Crippen LogP contribution in [0.15, 0.2) is 24.3 Å². The Morgan fingerprint density at radius 3 is 2.52 bits per heavy atom. The Labute approximate surface area is 127 Å². The highest BCUT2D eigenvalue weighted by atomic mass is 16.5. The number of methoxy groups -OCH3 is 1. The van der Waals surface area contributed by atoms with E-state index >= 15 is 0 Å². The first kappa shape index (κ1) is 15.8. The Kier molecular flexibility index (Phi) is 6.05. The van der Waals surface area contributed by atoms with Gasteiger partial charge in [0.05, 0.1) is 12.7 Å². The highest BCUT2D eigenvalue weighted by molar-refractivity contribution is 5.97. The van der Waals surface area contributed by atoms with E-state index in [2.05, 4.69) is 17.6 Å². The van der Waals surface area contributed by atoms with Crippen LogP contribution in [0.5, 0.6) is 5.75 Å². The molecule has 0 heterocycles. The van der Waals surface area contributed by atoms with Gasteiger partial charge in [-0.05, 0) is 50.8 Å². The molecule has 0 bridgehead atoms. The fourth-order valence-electron chi connectivity index (χ4n) is 2.89. The van der Waals surface area contributed by atoms with Crippen molar-refractivity contribution >= 4 is 5.91 Å².